The van der Waals surface area contributed by atoms with E-state index in [2.05, 4.69) is 5.32 Å². The highest BCUT2D eigenvalue weighted by Gasteiger charge is 2.50. The molecular weight excluding hydrogens is 522 g/mol. The maximum atomic E-state index is 12.5. The van der Waals surface area contributed by atoms with Gasteiger partial charge < -0.3 is 35.0 Å². The zero-order chi connectivity index (χ0) is 29.6. The molecule has 0 aromatic heterocycles. The van der Waals surface area contributed by atoms with Crippen molar-refractivity contribution >= 4 is 17.6 Å². The number of ether oxygens (including phenoxy) is 2. The second-order valence-electron chi connectivity index (χ2n) is 9.48. The molecular formula is C28H33N3O9. The lowest BCUT2D eigenvalue weighted by Crippen LogP contribution is -2.43. The Morgan fingerprint density at radius 1 is 1.05 bits per heavy atom. The van der Waals surface area contributed by atoms with Gasteiger partial charge in [0.15, 0.2) is 0 Å². The number of nitro benzene ring substituents is 1. The highest BCUT2D eigenvalue weighted by atomic mass is 16.6. The standard InChI is InChI=1S/C28H33N3O9/c1-17-24(26(33)34)28(3,25(27(35)36)18(2)30(17)4)22-14-19(31(37)38)10-11-23(22)39-13-12-29-15-20(32)16-40-21-8-6-5-7-9-21/h5-11,14,20,29,32H,12-13,15-16H2,1-4H3,(H,33,34)(H,35,36). The van der Waals surface area contributed by atoms with E-state index in [0.717, 1.165) is 6.07 Å². The largest absolute Gasteiger partial charge is 0.492 e. The number of para-hydroxylation sites is 1. The van der Waals surface area contributed by atoms with E-state index in [1.165, 1.54) is 24.0 Å². The van der Waals surface area contributed by atoms with Gasteiger partial charge in [-0.15, -0.1) is 0 Å². The molecule has 3 rings (SSSR count). The number of aliphatic hydroxyl groups is 1. The van der Waals surface area contributed by atoms with E-state index in [1.54, 1.807) is 33.0 Å². The van der Waals surface area contributed by atoms with E-state index in [9.17, 15) is 35.0 Å². The van der Waals surface area contributed by atoms with E-state index >= 15 is 0 Å². The number of nitrogens with zero attached hydrogens (tertiary/aromatic N) is 2. The summed E-state index contributed by atoms with van der Waals surface area (Å²) in [5.41, 5.74) is -1.96. The van der Waals surface area contributed by atoms with Gasteiger partial charge in [0, 0.05) is 49.2 Å². The van der Waals surface area contributed by atoms with Crippen LogP contribution in [0.3, 0.4) is 0 Å². The zero-order valence-corrected chi connectivity index (χ0v) is 22.7. The molecule has 40 heavy (non-hydrogen) atoms. The minimum absolute atomic E-state index is 0.0413. The van der Waals surface area contributed by atoms with Gasteiger partial charge >= 0.3 is 11.9 Å². The monoisotopic (exact) mass is 555 g/mol. The topological polar surface area (TPSA) is 172 Å². The van der Waals surface area contributed by atoms with Gasteiger partial charge in [-0.05, 0) is 39.0 Å². The molecule has 0 aliphatic carbocycles. The summed E-state index contributed by atoms with van der Waals surface area (Å²) < 4.78 is 11.4. The van der Waals surface area contributed by atoms with Gasteiger partial charge in [-0.1, -0.05) is 18.2 Å². The Bertz CT molecular complexity index is 1300. The van der Waals surface area contributed by atoms with Crippen LogP contribution in [0.4, 0.5) is 5.69 Å². The van der Waals surface area contributed by atoms with Crippen LogP contribution in [0, 0.1) is 10.1 Å². The molecule has 2 aromatic carbocycles. The van der Waals surface area contributed by atoms with Crippen molar-refractivity contribution in [2.45, 2.75) is 32.3 Å². The molecule has 0 bridgehead atoms. The van der Waals surface area contributed by atoms with Crippen molar-refractivity contribution < 1.29 is 39.3 Å². The minimum atomic E-state index is -1.78. The molecule has 1 aliphatic rings. The van der Waals surface area contributed by atoms with Crippen molar-refractivity contribution in [2.24, 2.45) is 0 Å². The van der Waals surface area contributed by atoms with Crippen LogP contribution in [-0.4, -0.2) is 76.5 Å². The number of nitro groups is 1. The van der Waals surface area contributed by atoms with E-state index in [1.807, 2.05) is 18.2 Å². The summed E-state index contributed by atoms with van der Waals surface area (Å²) in [6, 6.07) is 12.8. The third-order valence-corrected chi connectivity index (χ3v) is 6.97. The second kappa shape index (κ2) is 12.6. The first-order chi connectivity index (χ1) is 18.9. The van der Waals surface area contributed by atoms with Crippen LogP contribution in [0.15, 0.2) is 71.1 Å². The van der Waals surface area contributed by atoms with Crippen LogP contribution in [0.25, 0.3) is 0 Å². The lowest BCUT2D eigenvalue weighted by Gasteiger charge is -2.42. The van der Waals surface area contributed by atoms with Crippen molar-refractivity contribution in [3.05, 3.63) is 86.7 Å². The number of nitrogens with one attached hydrogen (secondary N) is 1. The normalized spacial score (nSPS) is 15.6. The summed E-state index contributed by atoms with van der Waals surface area (Å²) in [7, 11) is 1.56. The molecule has 12 nitrogen and oxygen atoms in total. The molecule has 0 fully saturated rings. The first-order valence-corrected chi connectivity index (χ1v) is 12.5. The summed E-state index contributed by atoms with van der Waals surface area (Å²) in [5.74, 6) is -1.98. The molecule has 0 radical (unpaired) electrons. The Labute approximate surface area is 231 Å². The van der Waals surface area contributed by atoms with Gasteiger partial charge in [0.05, 0.1) is 21.5 Å². The van der Waals surface area contributed by atoms with E-state index in [4.69, 9.17) is 9.47 Å². The SMILES string of the molecule is CC1=C(C(=O)O)C(C)(c2cc([N+](=O)[O-])ccc2OCCNCC(O)COc2ccccc2)C(C(=O)O)=C(C)N1C. The van der Waals surface area contributed by atoms with Crippen molar-refractivity contribution in [2.75, 3.05) is 33.4 Å². The predicted molar refractivity (Wildman–Crippen MR) is 145 cm³/mol. The summed E-state index contributed by atoms with van der Waals surface area (Å²) in [4.78, 5) is 37.4. The van der Waals surface area contributed by atoms with Crippen molar-refractivity contribution in [1.29, 1.82) is 0 Å². The Balaban J connectivity index is 1.84. The molecule has 214 valence electrons. The number of hydrogen-bond donors (Lipinski definition) is 4. The van der Waals surface area contributed by atoms with Gasteiger partial charge in [-0.3, -0.25) is 10.1 Å². The fourth-order valence-electron chi connectivity index (χ4n) is 4.86. The van der Waals surface area contributed by atoms with E-state index in [-0.39, 0.29) is 54.4 Å². The molecule has 1 heterocycles. The number of carboxylic acid groups (broad SMARTS) is 2. The molecule has 0 saturated carbocycles. The first-order valence-electron chi connectivity index (χ1n) is 12.5. The van der Waals surface area contributed by atoms with Gasteiger partial charge in [-0.25, -0.2) is 9.59 Å². The van der Waals surface area contributed by atoms with Gasteiger partial charge in [-0.2, -0.15) is 0 Å². The number of carboxylic acids is 2. The van der Waals surface area contributed by atoms with Crippen LogP contribution in [-0.2, 0) is 15.0 Å². The fraction of sp³-hybridized carbons (Fsp3) is 0.357. The van der Waals surface area contributed by atoms with Gasteiger partial charge in [0.2, 0.25) is 0 Å². The van der Waals surface area contributed by atoms with Crippen LogP contribution in [0.1, 0.15) is 26.3 Å². The van der Waals surface area contributed by atoms with Crippen molar-refractivity contribution in [1.82, 2.24) is 10.2 Å². The Kier molecular flexibility index (Phi) is 9.51. The minimum Gasteiger partial charge on any atom is -0.492 e. The number of benzene rings is 2. The average Bonchev–Trinajstić information content (AvgIpc) is 2.90. The fourth-order valence-corrected chi connectivity index (χ4v) is 4.86. The highest BCUT2D eigenvalue weighted by molar-refractivity contribution is 6.00. The van der Waals surface area contributed by atoms with Gasteiger partial charge in [0.1, 0.15) is 30.8 Å². The highest BCUT2D eigenvalue weighted by Crippen LogP contribution is 2.50. The van der Waals surface area contributed by atoms with Crippen LogP contribution in [0.2, 0.25) is 0 Å². The smallest absolute Gasteiger partial charge is 0.334 e. The van der Waals surface area contributed by atoms with Crippen LogP contribution in [0.5, 0.6) is 11.5 Å². The van der Waals surface area contributed by atoms with E-state index in [0.29, 0.717) is 17.1 Å². The lowest BCUT2D eigenvalue weighted by molar-refractivity contribution is -0.385. The average molecular weight is 556 g/mol. The second-order valence-corrected chi connectivity index (χ2v) is 9.48. The number of non-ortho nitro benzene ring substituents is 1. The van der Waals surface area contributed by atoms with Crippen molar-refractivity contribution in [3.8, 4) is 11.5 Å². The maximum absolute atomic E-state index is 12.5. The number of rotatable bonds is 13. The summed E-state index contributed by atoms with van der Waals surface area (Å²) in [5, 5.41) is 45.2. The third-order valence-electron chi connectivity index (χ3n) is 6.97. The molecule has 4 N–H and O–H groups in total. The van der Waals surface area contributed by atoms with Crippen LogP contribution >= 0.6 is 0 Å². The summed E-state index contributed by atoms with van der Waals surface area (Å²) >= 11 is 0. The third kappa shape index (κ3) is 6.24. The van der Waals surface area contributed by atoms with Crippen LogP contribution < -0.4 is 14.8 Å². The number of aliphatic hydroxyl groups excluding tert-OH is 1. The Morgan fingerprint density at radius 2 is 1.65 bits per heavy atom. The molecule has 0 spiro atoms. The molecule has 12 heteroatoms. The molecule has 1 atom stereocenters. The number of allylic oxidation sites excluding steroid dienone is 2. The summed E-state index contributed by atoms with van der Waals surface area (Å²) in [6.45, 7) is 5.11. The molecule has 1 aliphatic heterocycles. The predicted octanol–water partition coefficient (Wildman–Crippen LogP) is 2.92. The quantitative estimate of drug-likeness (QED) is 0.163. The molecule has 2 aromatic rings. The Hall–Kier alpha value is -4.42. The maximum Gasteiger partial charge on any atom is 0.334 e. The number of hydrogen-bond acceptors (Lipinski definition) is 9. The first kappa shape index (κ1) is 30.1. The zero-order valence-electron chi connectivity index (χ0n) is 22.7. The Morgan fingerprint density at radius 3 is 2.20 bits per heavy atom. The van der Waals surface area contributed by atoms with E-state index < -0.39 is 28.4 Å². The lowest BCUT2D eigenvalue weighted by atomic mass is 9.66. The van der Waals surface area contributed by atoms with Crippen molar-refractivity contribution in [3.63, 3.8) is 0 Å². The molecule has 0 saturated heterocycles. The summed E-state index contributed by atoms with van der Waals surface area (Å²) in [6.07, 6.45) is -0.800. The number of carbonyl (C=O) groups is 2. The molecule has 1 unspecified atom stereocenters. The number of aliphatic carboxylic acids is 2. The molecule has 0 amide bonds. The van der Waals surface area contributed by atoms with Gasteiger partial charge in [0.25, 0.3) is 5.69 Å².